The van der Waals surface area contributed by atoms with Crippen molar-refractivity contribution in [2.75, 3.05) is 0 Å². The van der Waals surface area contributed by atoms with Crippen LogP contribution in [0.2, 0.25) is 0 Å². The second-order valence-corrected chi connectivity index (χ2v) is 9.27. The van der Waals surface area contributed by atoms with Gasteiger partial charge in [-0.2, -0.15) is 0 Å². The lowest BCUT2D eigenvalue weighted by Crippen LogP contribution is -2.53. The van der Waals surface area contributed by atoms with Gasteiger partial charge < -0.3 is 11.1 Å². The third kappa shape index (κ3) is 5.24. The van der Waals surface area contributed by atoms with E-state index in [0.717, 1.165) is 24.3 Å². The number of nitrogens with zero attached hydrogens (tertiary/aromatic N) is 2. The van der Waals surface area contributed by atoms with Crippen LogP contribution < -0.4 is 11.1 Å². The van der Waals surface area contributed by atoms with E-state index in [-0.39, 0.29) is 35.3 Å². The van der Waals surface area contributed by atoms with E-state index < -0.39 is 41.0 Å². The Bertz CT molecular complexity index is 1130. The molecule has 2 amide bonds. The maximum Gasteiger partial charge on any atom is 0.251 e. The highest BCUT2D eigenvalue weighted by Gasteiger charge is 2.40. The van der Waals surface area contributed by atoms with Crippen molar-refractivity contribution in [1.82, 2.24) is 10.2 Å². The Morgan fingerprint density at radius 2 is 1.56 bits per heavy atom. The van der Waals surface area contributed by atoms with Crippen LogP contribution >= 0.6 is 0 Å². The van der Waals surface area contributed by atoms with Crippen molar-refractivity contribution in [3.63, 3.8) is 0 Å². The minimum Gasteiger partial charge on any atom is -0.369 e. The third-order valence-corrected chi connectivity index (χ3v) is 6.42. The van der Waals surface area contributed by atoms with E-state index in [1.54, 1.807) is 13.8 Å². The second kappa shape index (κ2) is 9.48. The number of halogens is 3. The number of rotatable bonds is 6. The molecule has 0 bridgehead atoms. The first-order valence-corrected chi connectivity index (χ1v) is 11.1. The fourth-order valence-electron chi connectivity index (χ4n) is 3.94. The smallest absolute Gasteiger partial charge is 0.251 e. The molecule has 0 fully saturated rings. The Balaban J connectivity index is 1.85. The molecule has 3 atom stereocenters. The monoisotopic (exact) mass is 474 g/mol. The van der Waals surface area contributed by atoms with Gasteiger partial charge in [-0.15, -0.1) is 0 Å². The quantitative estimate of drug-likeness (QED) is 0.641. The van der Waals surface area contributed by atoms with Crippen molar-refractivity contribution in [1.29, 1.82) is 0 Å². The Labute approximate surface area is 197 Å². The molecular formula is C25H29F3N4O2. The van der Waals surface area contributed by atoms with Crippen molar-refractivity contribution in [3.8, 4) is 0 Å². The molecule has 0 saturated carbocycles. The summed E-state index contributed by atoms with van der Waals surface area (Å²) in [5.41, 5.74) is 6.09. The summed E-state index contributed by atoms with van der Waals surface area (Å²) in [6.45, 7) is 9.01. The number of amides is 2. The zero-order chi connectivity index (χ0) is 25.4. The van der Waals surface area contributed by atoms with Gasteiger partial charge in [-0.1, -0.05) is 13.8 Å². The molecule has 1 aliphatic heterocycles. The number of carbonyl (C=O) groups excluding carboxylic acids is 2. The molecule has 2 aromatic rings. The molecule has 0 radical (unpaired) electrons. The lowest BCUT2D eigenvalue weighted by molar-refractivity contribution is -0.131. The van der Waals surface area contributed by atoms with Crippen LogP contribution in [0.5, 0.6) is 0 Å². The number of guanidine groups is 1. The first-order valence-electron chi connectivity index (χ1n) is 11.1. The number of aliphatic imine (C=N–C) groups is 1. The van der Waals surface area contributed by atoms with E-state index in [9.17, 15) is 22.8 Å². The van der Waals surface area contributed by atoms with Crippen molar-refractivity contribution in [3.05, 3.63) is 70.5 Å². The molecule has 0 spiro atoms. The van der Waals surface area contributed by atoms with Crippen LogP contribution in [-0.4, -0.2) is 28.2 Å². The third-order valence-electron chi connectivity index (χ3n) is 6.42. The molecule has 1 heterocycles. The lowest BCUT2D eigenvalue weighted by atomic mass is 9.84. The first kappa shape index (κ1) is 25.3. The maximum absolute atomic E-state index is 14.5. The van der Waals surface area contributed by atoms with Gasteiger partial charge in [0.2, 0.25) is 5.91 Å². The number of carbonyl (C=O) groups is 2. The highest BCUT2D eigenvalue weighted by molar-refractivity contribution is 5.99. The van der Waals surface area contributed by atoms with Gasteiger partial charge in [-0.05, 0) is 68.1 Å². The van der Waals surface area contributed by atoms with Gasteiger partial charge in [0.25, 0.3) is 5.91 Å². The molecule has 6 nitrogen and oxygen atoms in total. The van der Waals surface area contributed by atoms with E-state index in [1.807, 2.05) is 20.8 Å². The SMILES string of the molecule is CC(NC(=O)c1cc(F)cc(C(C)N2C(=O)CC(C)(C(C)C)N=C2N)c1)c1cc(F)cc(F)c1. The highest BCUT2D eigenvalue weighted by Crippen LogP contribution is 2.33. The van der Waals surface area contributed by atoms with Gasteiger partial charge in [-0.3, -0.25) is 14.5 Å². The average Bonchev–Trinajstić information content (AvgIpc) is 2.71. The minimum atomic E-state index is -0.767. The molecule has 0 aromatic heterocycles. The predicted octanol–water partition coefficient (Wildman–Crippen LogP) is 4.62. The summed E-state index contributed by atoms with van der Waals surface area (Å²) in [5, 5.41) is 2.61. The normalized spacial score (nSPS) is 20.2. The summed E-state index contributed by atoms with van der Waals surface area (Å²) in [5.74, 6) is -2.96. The van der Waals surface area contributed by atoms with Crippen molar-refractivity contribution >= 4 is 17.8 Å². The van der Waals surface area contributed by atoms with Crippen LogP contribution in [0.3, 0.4) is 0 Å². The van der Waals surface area contributed by atoms with Gasteiger partial charge in [0.05, 0.1) is 24.0 Å². The number of hydrogen-bond acceptors (Lipinski definition) is 4. The van der Waals surface area contributed by atoms with E-state index >= 15 is 0 Å². The van der Waals surface area contributed by atoms with Crippen LogP contribution in [0.15, 0.2) is 41.4 Å². The first-order chi connectivity index (χ1) is 15.8. The largest absolute Gasteiger partial charge is 0.369 e. The second-order valence-electron chi connectivity index (χ2n) is 9.27. The van der Waals surface area contributed by atoms with Crippen LogP contribution in [0, 0.1) is 23.4 Å². The van der Waals surface area contributed by atoms with E-state index in [0.29, 0.717) is 5.56 Å². The average molecular weight is 475 g/mol. The summed E-state index contributed by atoms with van der Waals surface area (Å²) in [6.07, 6.45) is 0.153. The zero-order valence-corrected chi connectivity index (χ0v) is 19.8. The van der Waals surface area contributed by atoms with E-state index in [2.05, 4.69) is 10.3 Å². The number of benzene rings is 2. The van der Waals surface area contributed by atoms with Crippen LogP contribution in [0.25, 0.3) is 0 Å². The predicted molar refractivity (Wildman–Crippen MR) is 123 cm³/mol. The summed E-state index contributed by atoms with van der Waals surface area (Å²) >= 11 is 0. The molecule has 34 heavy (non-hydrogen) atoms. The Hall–Kier alpha value is -3.36. The van der Waals surface area contributed by atoms with Gasteiger partial charge in [-0.25, -0.2) is 18.2 Å². The summed E-state index contributed by atoms with van der Waals surface area (Å²) in [4.78, 5) is 31.6. The standard InChI is InChI=1S/C25H29F3N4O2/c1-13(2)25(5)12-22(33)32(24(29)31-25)15(4)17-6-18(10-19(26)9-17)23(34)30-14(3)16-7-20(27)11-21(28)8-16/h6-11,13-15H,12H2,1-5H3,(H2,29,31)(H,30,34). The Kier molecular flexibility index (Phi) is 7.05. The topological polar surface area (TPSA) is 87.8 Å². The zero-order valence-electron chi connectivity index (χ0n) is 19.8. The molecule has 3 N–H and O–H groups in total. The van der Waals surface area contributed by atoms with Crippen LogP contribution in [0.4, 0.5) is 13.2 Å². The Morgan fingerprint density at radius 3 is 2.12 bits per heavy atom. The number of nitrogens with one attached hydrogen (secondary N) is 1. The van der Waals surface area contributed by atoms with Gasteiger partial charge in [0.15, 0.2) is 5.96 Å². The summed E-state index contributed by atoms with van der Waals surface area (Å²) in [7, 11) is 0. The van der Waals surface area contributed by atoms with Gasteiger partial charge in [0.1, 0.15) is 17.5 Å². The van der Waals surface area contributed by atoms with Crippen LogP contribution in [0.1, 0.15) is 74.6 Å². The Morgan fingerprint density at radius 1 is 1.00 bits per heavy atom. The molecular weight excluding hydrogens is 445 g/mol. The lowest BCUT2D eigenvalue weighted by Gasteiger charge is -2.40. The molecule has 0 saturated heterocycles. The van der Waals surface area contributed by atoms with Gasteiger partial charge in [0, 0.05) is 11.6 Å². The fourth-order valence-corrected chi connectivity index (χ4v) is 3.94. The molecule has 2 aromatic carbocycles. The summed E-state index contributed by atoms with van der Waals surface area (Å²) < 4.78 is 41.5. The highest BCUT2D eigenvalue weighted by atomic mass is 19.1. The maximum atomic E-state index is 14.5. The fraction of sp³-hybridized carbons (Fsp3) is 0.400. The van der Waals surface area contributed by atoms with Crippen molar-refractivity contribution < 1.29 is 22.8 Å². The minimum absolute atomic E-state index is 0.00226. The number of nitrogens with two attached hydrogens (primary N) is 1. The molecule has 9 heteroatoms. The van der Waals surface area contributed by atoms with E-state index in [1.165, 1.54) is 17.0 Å². The van der Waals surface area contributed by atoms with Crippen molar-refractivity contribution in [2.24, 2.45) is 16.6 Å². The molecule has 1 aliphatic rings. The molecule has 0 aliphatic carbocycles. The molecule has 182 valence electrons. The number of hydrogen-bond donors (Lipinski definition) is 2. The summed E-state index contributed by atoms with van der Waals surface area (Å²) in [6, 6.07) is 5.29. The van der Waals surface area contributed by atoms with E-state index in [4.69, 9.17) is 5.73 Å². The van der Waals surface area contributed by atoms with Crippen LogP contribution in [-0.2, 0) is 4.79 Å². The van der Waals surface area contributed by atoms with Crippen molar-refractivity contribution in [2.45, 2.75) is 58.7 Å². The molecule has 3 unspecified atom stereocenters. The molecule has 3 rings (SSSR count). The van der Waals surface area contributed by atoms with Gasteiger partial charge >= 0.3 is 0 Å².